The normalized spacial score (nSPS) is 25.7. The van der Waals surface area contributed by atoms with Gasteiger partial charge in [0, 0.05) is 25.6 Å². The molecule has 1 aliphatic rings. The van der Waals surface area contributed by atoms with Gasteiger partial charge in [-0.05, 0) is 12.8 Å². The Morgan fingerprint density at radius 1 is 1.44 bits per heavy atom. The molecule has 2 N–H and O–H groups in total. The van der Waals surface area contributed by atoms with E-state index in [2.05, 4.69) is 24.5 Å². The number of morpholine rings is 1. The lowest BCUT2D eigenvalue weighted by Crippen LogP contribution is -2.56. The van der Waals surface area contributed by atoms with Gasteiger partial charge in [-0.2, -0.15) is 0 Å². The number of carbonyl (C=O) groups excluding carboxylic acids is 1. The van der Waals surface area contributed by atoms with Gasteiger partial charge in [0.1, 0.15) is 0 Å². The Kier molecular flexibility index (Phi) is 6.65. The van der Waals surface area contributed by atoms with Crippen molar-refractivity contribution in [3.63, 3.8) is 0 Å². The van der Waals surface area contributed by atoms with Crippen LogP contribution >= 0.6 is 0 Å². The summed E-state index contributed by atoms with van der Waals surface area (Å²) in [4.78, 5) is 11.9. The zero-order chi connectivity index (χ0) is 13.4. The second-order valence-electron chi connectivity index (χ2n) is 5.37. The molecule has 0 aromatic carbocycles. The van der Waals surface area contributed by atoms with Gasteiger partial charge in [-0.25, -0.2) is 0 Å². The molecule has 1 heterocycles. The molecule has 1 rings (SSSR count). The van der Waals surface area contributed by atoms with E-state index in [9.17, 15) is 4.79 Å². The van der Waals surface area contributed by atoms with E-state index in [0.717, 1.165) is 45.4 Å². The quantitative estimate of drug-likeness (QED) is 0.729. The molecule has 2 unspecified atom stereocenters. The Hall–Kier alpha value is -0.610. The van der Waals surface area contributed by atoms with Gasteiger partial charge in [-0.3, -0.25) is 4.79 Å². The fourth-order valence-electron chi connectivity index (χ4n) is 2.51. The maximum atomic E-state index is 11.9. The summed E-state index contributed by atoms with van der Waals surface area (Å²) in [7, 11) is 0. The second kappa shape index (κ2) is 7.74. The predicted molar refractivity (Wildman–Crippen MR) is 73.5 cm³/mol. The van der Waals surface area contributed by atoms with Crippen LogP contribution in [0.1, 0.15) is 46.5 Å². The van der Waals surface area contributed by atoms with Crippen LogP contribution in [0.3, 0.4) is 0 Å². The Morgan fingerprint density at radius 2 is 2.22 bits per heavy atom. The first-order chi connectivity index (χ1) is 8.63. The molecule has 0 aromatic rings. The average molecular weight is 256 g/mol. The van der Waals surface area contributed by atoms with Gasteiger partial charge in [0.05, 0.1) is 12.2 Å². The van der Waals surface area contributed by atoms with Gasteiger partial charge in [-0.1, -0.05) is 33.6 Å². The molecule has 4 nitrogen and oxygen atoms in total. The zero-order valence-electron chi connectivity index (χ0n) is 12.1. The minimum Gasteiger partial charge on any atom is -0.371 e. The standard InChI is InChI=1S/C14H28N2O2/c1-4-6-12(3)13(17)16-11-14(7-5-2)10-15-8-9-18-14/h12,15H,4-11H2,1-3H3,(H,16,17). The highest BCUT2D eigenvalue weighted by molar-refractivity contribution is 5.78. The molecule has 1 amide bonds. The molecular weight excluding hydrogens is 228 g/mol. The maximum absolute atomic E-state index is 11.9. The molecule has 1 fully saturated rings. The van der Waals surface area contributed by atoms with Crippen molar-refractivity contribution in [1.82, 2.24) is 10.6 Å². The molecule has 1 aliphatic heterocycles. The van der Waals surface area contributed by atoms with E-state index >= 15 is 0 Å². The van der Waals surface area contributed by atoms with Crippen LogP contribution in [0, 0.1) is 5.92 Å². The first kappa shape index (κ1) is 15.4. The van der Waals surface area contributed by atoms with E-state index in [0.29, 0.717) is 6.54 Å². The molecule has 106 valence electrons. The summed E-state index contributed by atoms with van der Waals surface area (Å²) in [5.74, 6) is 0.256. The molecule has 1 saturated heterocycles. The highest BCUT2D eigenvalue weighted by atomic mass is 16.5. The summed E-state index contributed by atoms with van der Waals surface area (Å²) >= 11 is 0. The number of hydrogen-bond acceptors (Lipinski definition) is 3. The Bertz CT molecular complexity index is 245. The number of ether oxygens (including phenoxy) is 1. The third-order valence-corrected chi connectivity index (χ3v) is 3.59. The second-order valence-corrected chi connectivity index (χ2v) is 5.37. The van der Waals surface area contributed by atoms with Crippen LogP contribution in [-0.4, -0.2) is 37.7 Å². The third-order valence-electron chi connectivity index (χ3n) is 3.59. The highest BCUT2D eigenvalue weighted by Gasteiger charge is 2.33. The van der Waals surface area contributed by atoms with Gasteiger partial charge >= 0.3 is 0 Å². The fourth-order valence-corrected chi connectivity index (χ4v) is 2.51. The van der Waals surface area contributed by atoms with Gasteiger partial charge in [0.25, 0.3) is 0 Å². The first-order valence-electron chi connectivity index (χ1n) is 7.26. The molecule has 2 atom stereocenters. The molecular formula is C14H28N2O2. The van der Waals surface area contributed by atoms with Crippen molar-refractivity contribution < 1.29 is 9.53 Å². The summed E-state index contributed by atoms with van der Waals surface area (Å²) in [5.41, 5.74) is -0.200. The maximum Gasteiger partial charge on any atom is 0.222 e. The van der Waals surface area contributed by atoms with Gasteiger partial charge in [-0.15, -0.1) is 0 Å². The van der Waals surface area contributed by atoms with Crippen molar-refractivity contribution in [2.45, 2.75) is 52.1 Å². The first-order valence-corrected chi connectivity index (χ1v) is 7.26. The molecule has 18 heavy (non-hydrogen) atoms. The van der Waals surface area contributed by atoms with E-state index in [1.807, 2.05) is 6.92 Å². The number of carbonyl (C=O) groups is 1. The topological polar surface area (TPSA) is 50.4 Å². The molecule has 0 bridgehead atoms. The van der Waals surface area contributed by atoms with Crippen molar-refractivity contribution in [3.05, 3.63) is 0 Å². The minimum absolute atomic E-state index is 0.102. The summed E-state index contributed by atoms with van der Waals surface area (Å²) in [6.07, 6.45) is 4.06. The summed E-state index contributed by atoms with van der Waals surface area (Å²) < 4.78 is 5.92. The summed E-state index contributed by atoms with van der Waals surface area (Å²) in [5, 5.41) is 6.42. The Morgan fingerprint density at radius 3 is 2.78 bits per heavy atom. The number of amides is 1. The van der Waals surface area contributed by atoms with Gasteiger partial charge in [0.2, 0.25) is 5.91 Å². The molecule has 4 heteroatoms. The van der Waals surface area contributed by atoms with Crippen LogP contribution in [0.5, 0.6) is 0 Å². The van der Waals surface area contributed by atoms with Crippen molar-refractivity contribution in [2.75, 3.05) is 26.2 Å². The number of nitrogens with one attached hydrogen (secondary N) is 2. The van der Waals surface area contributed by atoms with Crippen LogP contribution in [0.25, 0.3) is 0 Å². The highest BCUT2D eigenvalue weighted by Crippen LogP contribution is 2.19. The smallest absolute Gasteiger partial charge is 0.222 e. The Balaban J connectivity index is 2.44. The third kappa shape index (κ3) is 4.58. The minimum atomic E-state index is -0.200. The molecule has 0 spiro atoms. The van der Waals surface area contributed by atoms with E-state index in [-0.39, 0.29) is 17.4 Å². The van der Waals surface area contributed by atoms with Crippen molar-refractivity contribution in [1.29, 1.82) is 0 Å². The molecule has 0 aromatic heterocycles. The van der Waals surface area contributed by atoms with Gasteiger partial charge < -0.3 is 15.4 Å². The average Bonchev–Trinajstić information content (AvgIpc) is 2.38. The molecule has 0 radical (unpaired) electrons. The van der Waals surface area contributed by atoms with Crippen LogP contribution in [0.15, 0.2) is 0 Å². The van der Waals surface area contributed by atoms with Crippen molar-refractivity contribution in [3.8, 4) is 0 Å². The Labute approximate surface area is 111 Å². The van der Waals surface area contributed by atoms with E-state index in [4.69, 9.17) is 4.74 Å². The SMILES string of the molecule is CCCC(C)C(=O)NCC1(CCC)CNCCO1. The summed E-state index contributed by atoms with van der Waals surface area (Å²) in [6, 6.07) is 0. The van der Waals surface area contributed by atoms with E-state index in [1.165, 1.54) is 0 Å². The number of rotatable bonds is 7. The monoisotopic (exact) mass is 256 g/mol. The largest absolute Gasteiger partial charge is 0.371 e. The lowest BCUT2D eigenvalue weighted by molar-refractivity contribution is -0.128. The van der Waals surface area contributed by atoms with Crippen molar-refractivity contribution in [2.24, 2.45) is 5.92 Å². The summed E-state index contributed by atoms with van der Waals surface area (Å²) in [6.45, 7) is 9.36. The predicted octanol–water partition coefficient (Wildman–Crippen LogP) is 1.70. The fraction of sp³-hybridized carbons (Fsp3) is 0.929. The van der Waals surface area contributed by atoms with Crippen LogP contribution in [-0.2, 0) is 9.53 Å². The van der Waals surface area contributed by atoms with E-state index < -0.39 is 0 Å². The molecule has 0 saturated carbocycles. The van der Waals surface area contributed by atoms with Crippen molar-refractivity contribution >= 4 is 5.91 Å². The van der Waals surface area contributed by atoms with Crippen LogP contribution in [0.4, 0.5) is 0 Å². The van der Waals surface area contributed by atoms with Crippen LogP contribution < -0.4 is 10.6 Å². The van der Waals surface area contributed by atoms with Crippen LogP contribution in [0.2, 0.25) is 0 Å². The van der Waals surface area contributed by atoms with E-state index in [1.54, 1.807) is 0 Å². The lowest BCUT2D eigenvalue weighted by Gasteiger charge is -2.38. The number of hydrogen-bond donors (Lipinski definition) is 2. The molecule has 0 aliphatic carbocycles. The lowest BCUT2D eigenvalue weighted by atomic mass is 9.95. The zero-order valence-corrected chi connectivity index (χ0v) is 12.1. The van der Waals surface area contributed by atoms with Gasteiger partial charge in [0.15, 0.2) is 0 Å².